The molecule has 3 aromatic rings. The molecule has 5 rings (SSSR count). The van der Waals surface area contributed by atoms with Gasteiger partial charge >= 0.3 is 0 Å². The van der Waals surface area contributed by atoms with E-state index in [0.717, 1.165) is 0 Å². The molecule has 0 aromatic heterocycles. The van der Waals surface area contributed by atoms with Crippen LogP contribution in [0.15, 0.2) is 36.4 Å². The van der Waals surface area contributed by atoms with Gasteiger partial charge in [0.25, 0.3) is 11.8 Å². The number of phenols is 2. The number of imide groups is 1. The molecule has 0 radical (unpaired) electrons. The third-order valence-corrected chi connectivity index (χ3v) is 4.62. The Morgan fingerprint density at radius 2 is 1.58 bits per heavy atom. The molecule has 0 bridgehead atoms. The van der Waals surface area contributed by atoms with Crippen LogP contribution in [0.4, 0.5) is 0 Å². The zero-order valence-corrected chi connectivity index (χ0v) is 13.2. The summed E-state index contributed by atoms with van der Waals surface area (Å²) in [5, 5.41) is 23.3. The summed E-state index contributed by atoms with van der Waals surface area (Å²) in [7, 11) is 0. The third-order valence-electron chi connectivity index (χ3n) is 4.62. The summed E-state index contributed by atoms with van der Waals surface area (Å²) < 4.78 is 11.0. The Kier molecular flexibility index (Phi) is 2.74. The SMILES string of the molecule is O=C1NC(=O)c2c1c(O)c1ccc3c(c1c2-c1ccc(O)cc1)OCO3. The Morgan fingerprint density at radius 3 is 2.35 bits per heavy atom. The van der Waals surface area contributed by atoms with Crippen molar-refractivity contribution in [1.29, 1.82) is 0 Å². The van der Waals surface area contributed by atoms with Gasteiger partial charge in [-0.15, -0.1) is 0 Å². The molecule has 2 aliphatic heterocycles. The van der Waals surface area contributed by atoms with Crippen LogP contribution in [0.2, 0.25) is 0 Å². The molecule has 0 atom stereocenters. The van der Waals surface area contributed by atoms with E-state index in [2.05, 4.69) is 5.32 Å². The lowest BCUT2D eigenvalue weighted by molar-refractivity contribution is 0.0879. The van der Waals surface area contributed by atoms with Crippen molar-refractivity contribution in [3.05, 3.63) is 47.5 Å². The quantitative estimate of drug-likeness (QED) is 0.583. The first-order valence-corrected chi connectivity index (χ1v) is 7.82. The van der Waals surface area contributed by atoms with Gasteiger partial charge < -0.3 is 19.7 Å². The molecule has 3 aromatic carbocycles. The molecule has 128 valence electrons. The van der Waals surface area contributed by atoms with E-state index in [4.69, 9.17) is 9.47 Å². The van der Waals surface area contributed by atoms with E-state index in [1.165, 1.54) is 12.1 Å². The molecule has 0 aliphatic carbocycles. The number of carbonyl (C=O) groups is 2. The fraction of sp³-hybridized carbons (Fsp3) is 0.0526. The zero-order chi connectivity index (χ0) is 18.0. The van der Waals surface area contributed by atoms with Gasteiger partial charge in [-0.2, -0.15) is 0 Å². The first-order valence-electron chi connectivity index (χ1n) is 7.82. The number of benzene rings is 3. The Hall–Kier alpha value is -3.74. The molecule has 0 unspecified atom stereocenters. The standard InChI is InChI=1S/C19H11NO6/c21-9-3-1-8(2-4-9)12-13-10(5-6-11-17(13)26-7-25-11)16(22)15-14(12)18(23)20-19(15)24/h1-6,21-22H,7H2,(H,20,23,24). The Labute approximate surface area is 146 Å². The predicted octanol–water partition coefficient (Wildman–Crippen LogP) is 2.53. The van der Waals surface area contributed by atoms with Gasteiger partial charge in [0.15, 0.2) is 11.5 Å². The number of aromatic hydroxyl groups is 2. The second kappa shape index (κ2) is 4.89. The second-order valence-corrected chi connectivity index (χ2v) is 6.03. The number of amides is 2. The molecule has 7 nitrogen and oxygen atoms in total. The van der Waals surface area contributed by atoms with Crippen LogP contribution in [0.1, 0.15) is 20.7 Å². The lowest BCUT2D eigenvalue weighted by Crippen LogP contribution is -2.20. The molecule has 2 heterocycles. The normalized spacial score (nSPS) is 14.6. The molecule has 2 amide bonds. The van der Waals surface area contributed by atoms with Crippen LogP contribution in [0.5, 0.6) is 23.0 Å². The van der Waals surface area contributed by atoms with Crippen molar-refractivity contribution in [2.24, 2.45) is 0 Å². The number of fused-ring (bicyclic) bond motifs is 4. The molecule has 0 saturated heterocycles. The minimum Gasteiger partial charge on any atom is -0.508 e. The Bertz CT molecular complexity index is 1130. The number of ether oxygens (including phenoxy) is 2. The minimum atomic E-state index is -0.651. The molecule has 26 heavy (non-hydrogen) atoms. The maximum absolute atomic E-state index is 12.5. The van der Waals surface area contributed by atoms with E-state index in [1.54, 1.807) is 24.3 Å². The van der Waals surface area contributed by atoms with Gasteiger partial charge in [-0.1, -0.05) is 12.1 Å². The number of rotatable bonds is 1. The van der Waals surface area contributed by atoms with E-state index < -0.39 is 11.8 Å². The fourth-order valence-electron chi connectivity index (χ4n) is 3.51. The summed E-state index contributed by atoms with van der Waals surface area (Å²) >= 11 is 0. The van der Waals surface area contributed by atoms with Crippen LogP contribution in [-0.4, -0.2) is 28.8 Å². The highest BCUT2D eigenvalue weighted by Crippen LogP contribution is 2.50. The third kappa shape index (κ3) is 1.76. The second-order valence-electron chi connectivity index (χ2n) is 6.03. The molecule has 0 spiro atoms. The lowest BCUT2D eigenvalue weighted by atomic mass is 9.89. The molecule has 7 heteroatoms. The molecular formula is C19H11NO6. The van der Waals surface area contributed by atoms with Crippen molar-refractivity contribution < 1.29 is 29.3 Å². The monoisotopic (exact) mass is 349 g/mol. The molecule has 0 saturated carbocycles. The highest BCUT2D eigenvalue weighted by Gasteiger charge is 2.37. The van der Waals surface area contributed by atoms with Crippen molar-refractivity contribution in [2.75, 3.05) is 6.79 Å². The number of phenolic OH excluding ortho intramolecular Hbond substituents is 2. The molecule has 2 aliphatic rings. The van der Waals surface area contributed by atoms with Crippen LogP contribution < -0.4 is 14.8 Å². The van der Waals surface area contributed by atoms with Gasteiger partial charge in [-0.05, 0) is 29.8 Å². The van der Waals surface area contributed by atoms with Gasteiger partial charge in [0.1, 0.15) is 11.5 Å². The predicted molar refractivity (Wildman–Crippen MR) is 90.6 cm³/mol. The summed E-state index contributed by atoms with van der Waals surface area (Å²) in [5.74, 6) is -0.570. The van der Waals surface area contributed by atoms with E-state index in [9.17, 15) is 19.8 Å². The highest BCUT2D eigenvalue weighted by atomic mass is 16.7. The summed E-state index contributed by atoms with van der Waals surface area (Å²) in [6.07, 6.45) is 0. The van der Waals surface area contributed by atoms with Crippen molar-refractivity contribution in [2.45, 2.75) is 0 Å². The molecule has 3 N–H and O–H groups in total. The zero-order valence-electron chi connectivity index (χ0n) is 13.2. The van der Waals surface area contributed by atoms with Crippen molar-refractivity contribution in [3.63, 3.8) is 0 Å². The van der Waals surface area contributed by atoms with Gasteiger partial charge in [0.05, 0.1) is 11.1 Å². The maximum atomic E-state index is 12.5. The van der Waals surface area contributed by atoms with E-state index in [-0.39, 0.29) is 29.4 Å². The largest absolute Gasteiger partial charge is 0.508 e. The van der Waals surface area contributed by atoms with E-state index in [0.29, 0.717) is 33.4 Å². The number of hydrogen-bond donors (Lipinski definition) is 3. The van der Waals surface area contributed by atoms with Gasteiger partial charge in [0, 0.05) is 16.3 Å². The van der Waals surface area contributed by atoms with Gasteiger partial charge in [0.2, 0.25) is 6.79 Å². The van der Waals surface area contributed by atoms with Crippen LogP contribution in [0.3, 0.4) is 0 Å². The first-order chi connectivity index (χ1) is 12.6. The number of hydrogen-bond acceptors (Lipinski definition) is 6. The van der Waals surface area contributed by atoms with Crippen LogP contribution in [-0.2, 0) is 0 Å². The van der Waals surface area contributed by atoms with Crippen molar-refractivity contribution in [3.8, 4) is 34.1 Å². The van der Waals surface area contributed by atoms with E-state index in [1.807, 2.05) is 0 Å². The Balaban J connectivity index is 2.01. The number of carbonyl (C=O) groups excluding carboxylic acids is 2. The number of nitrogens with one attached hydrogen (secondary N) is 1. The Morgan fingerprint density at radius 1 is 0.846 bits per heavy atom. The van der Waals surface area contributed by atoms with Crippen LogP contribution >= 0.6 is 0 Å². The summed E-state index contributed by atoms with van der Waals surface area (Å²) in [6.45, 7) is 0.0203. The van der Waals surface area contributed by atoms with Crippen LogP contribution in [0, 0.1) is 0 Å². The average molecular weight is 349 g/mol. The van der Waals surface area contributed by atoms with Crippen molar-refractivity contribution in [1.82, 2.24) is 5.32 Å². The molecule has 0 fully saturated rings. The summed E-state index contributed by atoms with van der Waals surface area (Å²) in [5.41, 5.74) is 1.05. The minimum absolute atomic E-state index is 0.0203. The topological polar surface area (TPSA) is 105 Å². The highest BCUT2D eigenvalue weighted by molar-refractivity contribution is 6.30. The smallest absolute Gasteiger partial charge is 0.262 e. The average Bonchev–Trinajstić information content (AvgIpc) is 3.21. The van der Waals surface area contributed by atoms with Crippen molar-refractivity contribution >= 4 is 22.6 Å². The lowest BCUT2D eigenvalue weighted by Gasteiger charge is -2.15. The maximum Gasteiger partial charge on any atom is 0.262 e. The summed E-state index contributed by atoms with van der Waals surface area (Å²) in [6, 6.07) is 9.50. The van der Waals surface area contributed by atoms with Crippen LogP contribution in [0.25, 0.3) is 21.9 Å². The van der Waals surface area contributed by atoms with Gasteiger partial charge in [-0.25, -0.2) is 0 Å². The van der Waals surface area contributed by atoms with E-state index >= 15 is 0 Å². The molecular weight excluding hydrogens is 338 g/mol. The first kappa shape index (κ1) is 14.6. The fourth-order valence-corrected chi connectivity index (χ4v) is 3.51. The van der Waals surface area contributed by atoms with Gasteiger partial charge in [-0.3, -0.25) is 14.9 Å². The summed E-state index contributed by atoms with van der Waals surface area (Å²) in [4.78, 5) is 24.7.